The summed E-state index contributed by atoms with van der Waals surface area (Å²) >= 11 is 6.11. The molecule has 0 saturated carbocycles. The van der Waals surface area contributed by atoms with Crippen LogP contribution in [-0.4, -0.2) is 9.78 Å². The van der Waals surface area contributed by atoms with Gasteiger partial charge in [0.2, 0.25) is 0 Å². The van der Waals surface area contributed by atoms with Crippen LogP contribution in [0.3, 0.4) is 0 Å². The van der Waals surface area contributed by atoms with Gasteiger partial charge >= 0.3 is 0 Å². The average Bonchev–Trinajstić information content (AvgIpc) is 2.51. The molecule has 0 aliphatic rings. The van der Waals surface area contributed by atoms with Gasteiger partial charge in [0.05, 0.1) is 12.2 Å². The molecule has 0 aliphatic carbocycles. The lowest BCUT2D eigenvalue weighted by molar-refractivity contribution is 0.659. The van der Waals surface area contributed by atoms with Gasteiger partial charge in [-0.2, -0.15) is 5.10 Å². The lowest BCUT2D eigenvalue weighted by Crippen LogP contribution is -2.05. The van der Waals surface area contributed by atoms with Crippen molar-refractivity contribution in [3.8, 4) is 0 Å². The Hall–Kier alpha value is -1.48. The summed E-state index contributed by atoms with van der Waals surface area (Å²) in [5, 5.41) is 5.12. The Balaban J connectivity index is 2.33. The highest BCUT2D eigenvalue weighted by molar-refractivity contribution is 6.31. The summed E-state index contributed by atoms with van der Waals surface area (Å²) in [5.41, 5.74) is 9.59. The van der Waals surface area contributed by atoms with E-state index in [0.29, 0.717) is 6.54 Å². The summed E-state index contributed by atoms with van der Waals surface area (Å²) in [5.74, 6) is 0. The van der Waals surface area contributed by atoms with E-state index in [1.807, 2.05) is 36.7 Å². The van der Waals surface area contributed by atoms with E-state index in [4.69, 9.17) is 17.3 Å². The molecule has 0 aliphatic heterocycles. The van der Waals surface area contributed by atoms with E-state index in [9.17, 15) is 0 Å². The van der Waals surface area contributed by atoms with Crippen molar-refractivity contribution in [1.29, 1.82) is 0 Å². The maximum Gasteiger partial charge on any atom is 0.0677 e. The molecule has 0 saturated heterocycles. The number of nitrogens with two attached hydrogens (primary N) is 1. The van der Waals surface area contributed by atoms with Crippen LogP contribution in [0.2, 0.25) is 5.02 Å². The van der Waals surface area contributed by atoms with Gasteiger partial charge in [-0.1, -0.05) is 11.6 Å². The molecule has 2 rings (SSSR count). The van der Waals surface area contributed by atoms with Gasteiger partial charge in [0, 0.05) is 16.4 Å². The van der Waals surface area contributed by atoms with E-state index in [1.54, 1.807) is 6.07 Å². The zero-order chi connectivity index (χ0) is 11.7. The summed E-state index contributed by atoms with van der Waals surface area (Å²) in [4.78, 5) is 0. The van der Waals surface area contributed by atoms with Crippen LogP contribution >= 0.6 is 11.6 Å². The predicted octanol–water partition coefficient (Wildman–Crippen LogP) is 2.78. The summed E-state index contributed by atoms with van der Waals surface area (Å²) in [7, 11) is 0. The second-order valence-electron chi connectivity index (χ2n) is 3.94. The van der Waals surface area contributed by atoms with Crippen molar-refractivity contribution in [2.75, 3.05) is 5.73 Å². The summed E-state index contributed by atoms with van der Waals surface area (Å²) in [6.07, 6.45) is 0. The Morgan fingerprint density at radius 3 is 2.69 bits per heavy atom. The minimum Gasteiger partial charge on any atom is -0.399 e. The highest BCUT2D eigenvalue weighted by Crippen LogP contribution is 2.20. The number of rotatable bonds is 2. The van der Waals surface area contributed by atoms with E-state index in [2.05, 4.69) is 5.10 Å². The van der Waals surface area contributed by atoms with Crippen molar-refractivity contribution in [2.24, 2.45) is 0 Å². The van der Waals surface area contributed by atoms with Gasteiger partial charge in [-0.3, -0.25) is 4.68 Å². The Kier molecular flexibility index (Phi) is 2.88. The molecule has 0 amide bonds. The molecule has 0 spiro atoms. The van der Waals surface area contributed by atoms with Gasteiger partial charge in [0.1, 0.15) is 0 Å². The monoisotopic (exact) mass is 235 g/mol. The maximum absolute atomic E-state index is 6.11. The first-order valence-corrected chi connectivity index (χ1v) is 5.49. The summed E-state index contributed by atoms with van der Waals surface area (Å²) in [6, 6.07) is 7.55. The third-order valence-electron chi connectivity index (χ3n) is 2.49. The quantitative estimate of drug-likeness (QED) is 0.814. The molecule has 0 radical (unpaired) electrons. The Morgan fingerprint density at radius 2 is 2.06 bits per heavy atom. The van der Waals surface area contributed by atoms with E-state index in [0.717, 1.165) is 27.7 Å². The van der Waals surface area contributed by atoms with Crippen LogP contribution in [0.25, 0.3) is 0 Å². The number of nitrogen functional groups attached to an aromatic ring is 1. The molecule has 1 aromatic carbocycles. The zero-order valence-corrected chi connectivity index (χ0v) is 10.1. The molecule has 0 atom stereocenters. The van der Waals surface area contributed by atoms with Gasteiger partial charge in [-0.05, 0) is 43.7 Å². The fraction of sp³-hybridized carbons (Fsp3) is 0.250. The number of anilines is 1. The van der Waals surface area contributed by atoms with Crippen LogP contribution in [0, 0.1) is 13.8 Å². The Bertz CT molecular complexity index is 517. The number of nitrogens with zero attached hydrogens (tertiary/aromatic N) is 2. The first-order valence-electron chi connectivity index (χ1n) is 5.11. The van der Waals surface area contributed by atoms with Crippen LogP contribution < -0.4 is 5.73 Å². The smallest absolute Gasteiger partial charge is 0.0677 e. The van der Waals surface area contributed by atoms with Crippen LogP contribution in [0.15, 0.2) is 24.3 Å². The van der Waals surface area contributed by atoms with Gasteiger partial charge in [0.25, 0.3) is 0 Å². The normalized spacial score (nSPS) is 10.7. The molecule has 1 aromatic heterocycles. The lowest BCUT2D eigenvalue weighted by Gasteiger charge is -2.07. The van der Waals surface area contributed by atoms with Crippen molar-refractivity contribution in [1.82, 2.24) is 9.78 Å². The number of hydrogen-bond acceptors (Lipinski definition) is 2. The molecule has 2 aromatic rings. The fourth-order valence-corrected chi connectivity index (χ4v) is 1.89. The van der Waals surface area contributed by atoms with E-state index in [-0.39, 0.29) is 0 Å². The number of aromatic nitrogens is 2. The fourth-order valence-electron chi connectivity index (χ4n) is 1.71. The largest absolute Gasteiger partial charge is 0.399 e. The van der Waals surface area contributed by atoms with Crippen molar-refractivity contribution in [3.05, 3.63) is 46.2 Å². The molecule has 0 fully saturated rings. The molecule has 1 heterocycles. The van der Waals surface area contributed by atoms with Gasteiger partial charge in [-0.25, -0.2) is 0 Å². The second-order valence-corrected chi connectivity index (χ2v) is 4.34. The SMILES string of the molecule is Cc1cc(C)n(Cc2cc(N)ccc2Cl)n1. The van der Waals surface area contributed by atoms with Crippen LogP contribution in [0.5, 0.6) is 0 Å². The predicted molar refractivity (Wildman–Crippen MR) is 66.7 cm³/mol. The van der Waals surface area contributed by atoms with Crippen molar-refractivity contribution >= 4 is 17.3 Å². The van der Waals surface area contributed by atoms with Crippen molar-refractivity contribution in [2.45, 2.75) is 20.4 Å². The highest BCUT2D eigenvalue weighted by Gasteiger charge is 2.05. The van der Waals surface area contributed by atoms with Crippen molar-refractivity contribution < 1.29 is 0 Å². The van der Waals surface area contributed by atoms with Gasteiger partial charge < -0.3 is 5.73 Å². The Morgan fingerprint density at radius 1 is 1.31 bits per heavy atom. The molecule has 16 heavy (non-hydrogen) atoms. The second kappa shape index (κ2) is 4.18. The van der Waals surface area contributed by atoms with E-state index < -0.39 is 0 Å². The Labute approximate surface area is 99.8 Å². The average molecular weight is 236 g/mol. The molecular weight excluding hydrogens is 222 g/mol. The summed E-state index contributed by atoms with van der Waals surface area (Å²) < 4.78 is 1.93. The number of hydrogen-bond donors (Lipinski definition) is 1. The molecule has 4 heteroatoms. The maximum atomic E-state index is 6.11. The molecule has 2 N–H and O–H groups in total. The minimum atomic E-state index is 0.656. The van der Waals surface area contributed by atoms with Crippen LogP contribution in [0.1, 0.15) is 17.0 Å². The highest BCUT2D eigenvalue weighted by atomic mass is 35.5. The molecule has 0 unspecified atom stereocenters. The van der Waals surface area contributed by atoms with Gasteiger partial charge in [-0.15, -0.1) is 0 Å². The number of halogens is 1. The van der Waals surface area contributed by atoms with E-state index >= 15 is 0 Å². The lowest BCUT2D eigenvalue weighted by atomic mass is 10.2. The molecule has 3 nitrogen and oxygen atoms in total. The third kappa shape index (κ3) is 2.19. The minimum absolute atomic E-state index is 0.656. The van der Waals surface area contributed by atoms with Crippen LogP contribution in [0.4, 0.5) is 5.69 Å². The zero-order valence-electron chi connectivity index (χ0n) is 9.37. The molecule has 84 valence electrons. The summed E-state index contributed by atoms with van der Waals surface area (Å²) in [6.45, 7) is 4.66. The third-order valence-corrected chi connectivity index (χ3v) is 2.86. The molecular formula is C12H14ClN3. The van der Waals surface area contributed by atoms with E-state index in [1.165, 1.54) is 0 Å². The number of benzene rings is 1. The van der Waals surface area contributed by atoms with Crippen molar-refractivity contribution in [3.63, 3.8) is 0 Å². The first kappa shape index (κ1) is 11.0. The van der Waals surface area contributed by atoms with Gasteiger partial charge in [0.15, 0.2) is 0 Å². The van der Waals surface area contributed by atoms with Crippen LogP contribution in [-0.2, 0) is 6.54 Å². The molecule has 0 bridgehead atoms. The number of aryl methyl sites for hydroxylation is 2. The standard InChI is InChI=1S/C12H14ClN3/c1-8-5-9(2)16(15-8)7-10-6-11(14)3-4-12(10)13/h3-6H,7,14H2,1-2H3. The first-order chi connectivity index (χ1) is 7.56. The topological polar surface area (TPSA) is 43.8 Å².